The van der Waals surface area contributed by atoms with Crippen molar-refractivity contribution in [3.8, 4) is 0 Å². The summed E-state index contributed by atoms with van der Waals surface area (Å²) in [6.45, 7) is 14.2. The van der Waals surface area contributed by atoms with Crippen molar-refractivity contribution in [1.82, 2.24) is 4.98 Å². The van der Waals surface area contributed by atoms with Gasteiger partial charge in [0, 0.05) is 0 Å². The fourth-order valence-corrected chi connectivity index (χ4v) is 2.16. The molecule has 1 nitrogen and oxygen atoms in total. The van der Waals surface area contributed by atoms with Crippen molar-refractivity contribution in [3.05, 3.63) is 46.5 Å². The monoisotopic (exact) mass is 249 g/mol. The Morgan fingerprint density at radius 1 is 1.29 bits per heavy atom. The second-order valence-corrected chi connectivity index (χ2v) is 4.57. The second kappa shape index (κ2) is 8.94. The van der Waals surface area contributed by atoms with E-state index in [9.17, 15) is 0 Å². The molecular formula is C15H23NS. The summed E-state index contributed by atoms with van der Waals surface area (Å²) in [5.74, 6) is 0. The van der Waals surface area contributed by atoms with Gasteiger partial charge in [-0.2, -0.15) is 0 Å². The van der Waals surface area contributed by atoms with Gasteiger partial charge >= 0.3 is 0 Å². The molecule has 0 saturated carbocycles. The Bertz CT molecular complexity index is 397. The van der Waals surface area contributed by atoms with E-state index in [1.54, 1.807) is 11.3 Å². The smallest absolute Gasteiger partial charge is 0.0903 e. The molecule has 0 spiro atoms. The maximum atomic E-state index is 4.38. The molecule has 1 aromatic rings. The molecular weight excluding hydrogens is 226 g/mol. The Morgan fingerprint density at radius 3 is 2.41 bits per heavy atom. The van der Waals surface area contributed by atoms with E-state index in [0.29, 0.717) is 0 Å². The van der Waals surface area contributed by atoms with Crippen LogP contribution in [0.3, 0.4) is 0 Å². The molecule has 1 heterocycles. The Morgan fingerprint density at radius 2 is 1.94 bits per heavy atom. The predicted molar refractivity (Wildman–Crippen MR) is 80.5 cm³/mol. The molecule has 1 rings (SSSR count). The van der Waals surface area contributed by atoms with Crippen molar-refractivity contribution in [2.75, 3.05) is 0 Å². The molecule has 0 amide bonds. The van der Waals surface area contributed by atoms with Crippen LogP contribution in [-0.4, -0.2) is 4.98 Å². The lowest BCUT2D eigenvalue weighted by molar-refractivity contribution is 1.19. The van der Waals surface area contributed by atoms with Gasteiger partial charge in [0.1, 0.15) is 0 Å². The Balaban J connectivity index is 0.00000121. The lowest BCUT2D eigenvalue weighted by atomic mass is 10.2. The molecule has 0 radical (unpaired) electrons. The van der Waals surface area contributed by atoms with Crippen LogP contribution in [0.15, 0.2) is 30.9 Å². The number of nitrogens with zero attached hydrogens (tertiary/aromatic N) is 1. The van der Waals surface area contributed by atoms with Crippen LogP contribution in [0.5, 0.6) is 0 Å². The zero-order valence-corrected chi connectivity index (χ0v) is 12.4. The highest BCUT2D eigenvalue weighted by molar-refractivity contribution is 7.12. The minimum Gasteiger partial charge on any atom is -0.246 e. The molecule has 1 aromatic heterocycles. The van der Waals surface area contributed by atoms with Crippen LogP contribution in [-0.2, 0) is 0 Å². The summed E-state index contributed by atoms with van der Waals surface area (Å²) < 4.78 is 0. The summed E-state index contributed by atoms with van der Waals surface area (Å²) in [7, 11) is 0. The van der Waals surface area contributed by atoms with E-state index in [0.717, 1.165) is 22.7 Å². The van der Waals surface area contributed by atoms with E-state index in [1.165, 1.54) is 4.88 Å². The molecule has 0 bridgehead atoms. The van der Waals surface area contributed by atoms with Crippen molar-refractivity contribution >= 4 is 16.9 Å². The van der Waals surface area contributed by atoms with Crippen molar-refractivity contribution in [1.29, 1.82) is 0 Å². The van der Waals surface area contributed by atoms with Gasteiger partial charge < -0.3 is 0 Å². The highest BCUT2D eigenvalue weighted by atomic mass is 32.1. The molecule has 0 fully saturated rings. The molecule has 2 heteroatoms. The van der Waals surface area contributed by atoms with E-state index in [4.69, 9.17) is 0 Å². The first-order valence-electron chi connectivity index (χ1n) is 6.11. The summed E-state index contributed by atoms with van der Waals surface area (Å²) in [4.78, 5) is 5.57. The molecule has 0 aliphatic heterocycles. The Labute approximate surface area is 110 Å². The van der Waals surface area contributed by atoms with Crippen LogP contribution in [0.2, 0.25) is 0 Å². The number of hydrogen-bond acceptors (Lipinski definition) is 2. The minimum atomic E-state index is 1.04. The van der Waals surface area contributed by atoms with Gasteiger partial charge in [0.15, 0.2) is 0 Å². The summed E-state index contributed by atoms with van der Waals surface area (Å²) in [5.41, 5.74) is 2.12. The molecule has 0 saturated heterocycles. The highest BCUT2D eigenvalue weighted by Gasteiger charge is 2.05. The topological polar surface area (TPSA) is 12.9 Å². The number of aryl methyl sites for hydroxylation is 2. The summed E-state index contributed by atoms with van der Waals surface area (Å²) in [5, 5.41) is 1.10. The second-order valence-electron chi connectivity index (χ2n) is 3.37. The van der Waals surface area contributed by atoms with E-state index >= 15 is 0 Å². The van der Waals surface area contributed by atoms with Crippen molar-refractivity contribution < 1.29 is 0 Å². The normalized spacial score (nSPS) is 10.6. The van der Waals surface area contributed by atoms with Crippen LogP contribution in [0.25, 0.3) is 5.57 Å². The third kappa shape index (κ3) is 5.64. The lowest BCUT2D eigenvalue weighted by Gasteiger charge is -1.94. The third-order valence-electron chi connectivity index (χ3n) is 1.98. The fraction of sp³-hybridized carbons (Fsp3) is 0.400. The van der Waals surface area contributed by atoms with Crippen LogP contribution >= 0.6 is 11.3 Å². The van der Waals surface area contributed by atoms with Crippen molar-refractivity contribution in [2.45, 2.75) is 41.0 Å². The Kier molecular flexibility index (Phi) is 8.34. The molecule has 0 unspecified atom stereocenters. The number of rotatable bonds is 4. The maximum Gasteiger partial charge on any atom is 0.0903 e. The first-order valence-corrected chi connectivity index (χ1v) is 6.93. The zero-order valence-electron chi connectivity index (χ0n) is 11.6. The van der Waals surface area contributed by atoms with Gasteiger partial charge in [0.05, 0.1) is 15.6 Å². The Hall–Kier alpha value is -1.15. The summed E-state index contributed by atoms with van der Waals surface area (Å²) >= 11 is 1.70. The molecule has 0 aliphatic carbocycles. The standard InChI is InChI=1S/C13H17NS.C2H6/c1-5-6-7-8-9-10(2)13-11(3)14-12(4)15-13;1-2/h6-9H,2,5H2,1,3-4H3;1-2H3/b7-6-,9-8-;. The highest BCUT2D eigenvalue weighted by Crippen LogP contribution is 2.25. The van der Waals surface area contributed by atoms with Gasteiger partial charge in [-0.3, -0.25) is 0 Å². The quantitative estimate of drug-likeness (QED) is 0.658. The first kappa shape index (κ1) is 15.9. The fourth-order valence-electron chi connectivity index (χ4n) is 1.29. The van der Waals surface area contributed by atoms with Gasteiger partial charge in [0.2, 0.25) is 0 Å². The number of aromatic nitrogens is 1. The zero-order chi connectivity index (χ0) is 13.3. The molecule has 0 aliphatic rings. The van der Waals surface area contributed by atoms with Crippen molar-refractivity contribution in [2.24, 2.45) is 0 Å². The van der Waals surface area contributed by atoms with Crippen LogP contribution < -0.4 is 0 Å². The van der Waals surface area contributed by atoms with Gasteiger partial charge in [-0.25, -0.2) is 4.98 Å². The number of allylic oxidation sites excluding steroid dienone is 5. The van der Waals surface area contributed by atoms with Gasteiger partial charge in [0.25, 0.3) is 0 Å². The minimum absolute atomic E-state index is 1.04. The summed E-state index contributed by atoms with van der Waals surface area (Å²) in [6.07, 6.45) is 9.30. The van der Waals surface area contributed by atoms with Gasteiger partial charge in [-0.05, 0) is 25.8 Å². The van der Waals surface area contributed by atoms with Crippen LogP contribution in [0, 0.1) is 13.8 Å². The van der Waals surface area contributed by atoms with E-state index in [2.05, 4.69) is 30.6 Å². The SMILES string of the molecule is C=C(/C=C\C=C/CC)c1sc(C)nc1C.CC. The average molecular weight is 249 g/mol. The van der Waals surface area contributed by atoms with Gasteiger partial charge in [-0.1, -0.05) is 51.7 Å². The summed E-state index contributed by atoms with van der Waals surface area (Å²) in [6, 6.07) is 0. The first-order chi connectivity index (χ1) is 8.15. The average Bonchev–Trinajstić information content (AvgIpc) is 2.66. The number of thiazole rings is 1. The number of hydrogen-bond donors (Lipinski definition) is 0. The van der Waals surface area contributed by atoms with Crippen LogP contribution in [0.1, 0.15) is 42.8 Å². The van der Waals surface area contributed by atoms with E-state index in [1.807, 2.05) is 39.8 Å². The molecule has 0 aromatic carbocycles. The third-order valence-corrected chi connectivity index (χ3v) is 3.12. The lowest BCUT2D eigenvalue weighted by Crippen LogP contribution is -1.78. The van der Waals surface area contributed by atoms with E-state index in [-0.39, 0.29) is 0 Å². The van der Waals surface area contributed by atoms with Crippen molar-refractivity contribution in [3.63, 3.8) is 0 Å². The molecule has 17 heavy (non-hydrogen) atoms. The predicted octanol–water partition coefficient (Wildman–Crippen LogP) is 5.32. The molecule has 0 N–H and O–H groups in total. The van der Waals surface area contributed by atoms with Gasteiger partial charge in [-0.15, -0.1) is 11.3 Å². The van der Waals surface area contributed by atoms with Crippen LogP contribution in [0.4, 0.5) is 0 Å². The molecule has 0 atom stereocenters. The maximum absolute atomic E-state index is 4.38. The van der Waals surface area contributed by atoms with E-state index < -0.39 is 0 Å². The largest absolute Gasteiger partial charge is 0.246 e. The molecule has 94 valence electrons.